The molecule has 29 heavy (non-hydrogen) atoms. The first-order valence-corrected chi connectivity index (χ1v) is 11.1. The Bertz CT molecular complexity index is 1070. The fourth-order valence-corrected chi connectivity index (χ4v) is 4.75. The van der Waals surface area contributed by atoms with Gasteiger partial charge < -0.3 is 4.42 Å². The molecule has 7 nitrogen and oxygen atoms in total. The normalized spacial score (nSPS) is 16.2. The molecule has 0 atom stereocenters. The zero-order valence-corrected chi connectivity index (χ0v) is 17.5. The highest BCUT2D eigenvalue weighted by Crippen LogP contribution is 2.22. The van der Waals surface area contributed by atoms with Gasteiger partial charge in [-0.1, -0.05) is 29.3 Å². The Morgan fingerprint density at radius 3 is 2.28 bits per heavy atom. The summed E-state index contributed by atoms with van der Waals surface area (Å²) in [7, 11) is -3.47. The molecule has 0 aliphatic carbocycles. The average Bonchev–Trinajstić information content (AvgIpc) is 3.18. The van der Waals surface area contributed by atoms with Gasteiger partial charge in [0.1, 0.15) is 0 Å². The minimum atomic E-state index is -3.47. The Balaban J connectivity index is 1.37. The van der Waals surface area contributed by atoms with Crippen molar-refractivity contribution < 1.29 is 12.8 Å². The summed E-state index contributed by atoms with van der Waals surface area (Å²) in [6.45, 7) is 4.47. The molecule has 0 unspecified atom stereocenters. The van der Waals surface area contributed by atoms with Gasteiger partial charge in [0.05, 0.1) is 11.4 Å². The van der Waals surface area contributed by atoms with E-state index >= 15 is 0 Å². The molecule has 1 fully saturated rings. The number of hydrogen-bond acceptors (Lipinski definition) is 6. The zero-order chi connectivity index (χ0) is 20.4. The molecule has 0 spiro atoms. The van der Waals surface area contributed by atoms with E-state index < -0.39 is 10.0 Å². The number of aromatic nitrogens is 2. The number of piperazine rings is 1. The van der Waals surface area contributed by atoms with Crippen molar-refractivity contribution in [3.8, 4) is 11.5 Å². The molecule has 9 heteroatoms. The van der Waals surface area contributed by atoms with Gasteiger partial charge in [-0.3, -0.25) is 4.90 Å². The number of halogens is 1. The van der Waals surface area contributed by atoms with Crippen LogP contribution in [0.15, 0.2) is 57.8 Å². The van der Waals surface area contributed by atoms with E-state index in [0.29, 0.717) is 54.4 Å². The molecule has 1 aromatic heterocycles. The average molecular weight is 433 g/mol. The second-order valence-corrected chi connectivity index (χ2v) is 9.38. The van der Waals surface area contributed by atoms with Crippen LogP contribution < -0.4 is 0 Å². The molecule has 2 heterocycles. The lowest BCUT2D eigenvalue weighted by atomic mass is 10.2. The summed E-state index contributed by atoms with van der Waals surface area (Å²) in [6.07, 6.45) is 0. The Morgan fingerprint density at radius 2 is 1.62 bits per heavy atom. The van der Waals surface area contributed by atoms with Gasteiger partial charge in [0.25, 0.3) is 0 Å². The van der Waals surface area contributed by atoms with Crippen LogP contribution in [-0.4, -0.2) is 54.0 Å². The van der Waals surface area contributed by atoms with Crippen LogP contribution in [0.5, 0.6) is 0 Å². The summed E-state index contributed by atoms with van der Waals surface area (Å²) in [5.74, 6) is 0.946. The van der Waals surface area contributed by atoms with E-state index in [1.807, 2.05) is 31.2 Å². The first kappa shape index (κ1) is 20.0. The van der Waals surface area contributed by atoms with E-state index in [9.17, 15) is 8.42 Å². The number of rotatable bonds is 5. The van der Waals surface area contributed by atoms with Gasteiger partial charge >= 0.3 is 0 Å². The lowest BCUT2D eigenvalue weighted by Gasteiger charge is -2.33. The van der Waals surface area contributed by atoms with Crippen molar-refractivity contribution in [2.45, 2.75) is 18.4 Å². The molecule has 1 saturated heterocycles. The van der Waals surface area contributed by atoms with Crippen LogP contribution in [0.25, 0.3) is 11.5 Å². The molecular weight excluding hydrogens is 412 g/mol. The van der Waals surface area contributed by atoms with Gasteiger partial charge in [0.2, 0.25) is 21.8 Å². The van der Waals surface area contributed by atoms with Crippen LogP contribution >= 0.6 is 11.6 Å². The van der Waals surface area contributed by atoms with Gasteiger partial charge in [-0.25, -0.2) is 8.42 Å². The largest absolute Gasteiger partial charge is 0.419 e. The molecule has 0 radical (unpaired) electrons. The minimum Gasteiger partial charge on any atom is -0.419 e. The van der Waals surface area contributed by atoms with E-state index in [4.69, 9.17) is 16.0 Å². The van der Waals surface area contributed by atoms with Gasteiger partial charge in [0, 0.05) is 36.8 Å². The van der Waals surface area contributed by atoms with Crippen molar-refractivity contribution in [2.75, 3.05) is 26.2 Å². The zero-order valence-electron chi connectivity index (χ0n) is 16.0. The Kier molecular flexibility index (Phi) is 5.69. The minimum absolute atomic E-state index is 0.334. The monoisotopic (exact) mass is 432 g/mol. The number of benzene rings is 2. The maximum Gasteiger partial charge on any atom is 0.247 e. The number of hydrogen-bond donors (Lipinski definition) is 0. The van der Waals surface area contributed by atoms with Gasteiger partial charge in [-0.15, -0.1) is 10.2 Å². The van der Waals surface area contributed by atoms with Crippen LogP contribution in [0.1, 0.15) is 11.5 Å². The van der Waals surface area contributed by atoms with Gasteiger partial charge in [-0.2, -0.15) is 4.31 Å². The van der Waals surface area contributed by atoms with Crippen molar-refractivity contribution in [1.29, 1.82) is 0 Å². The fourth-order valence-electron chi connectivity index (χ4n) is 3.21. The molecule has 3 aromatic rings. The highest BCUT2D eigenvalue weighted by Gasteiger charge is 2.29. The second kappa shape index (κ2) is 8.23. The van der Waals surface area contributed by atoms with Crippen LogP contribution in [0.4, 0.5) is 0 Å². The molecule has 1 aliphatic heterocycles. The van der Waals surface area contributed by atoms with Gasteiger partial charge in [-0.05, 0) is 43.3 Å². The number of sulfonamides is 1. The van der Waals surface area contributed by atoms with E-state index in [2.05, 4.69) is 15.1 Å². The highest BCUT2D eigenvalue weighted by atomic mass is 35.5. The molecule has 4 rings (SSSR count). The highest BCUT2D eigenvalue weighted by molar-refractivity contribution is 7.89. The summed E-state index contributed by atoms with van der Waals surface area (Å²) in [6, 6.07) is 14.2. The predicted molar refractivity (Wildman–Crippen MR) is 110 cm³/mol. The molecule has 1 aliphatic rings. The molecule has 0 bridgehead atoms. The van der Waals surface area contributed by atoms with Crippen molar-refractivity contribution in [2.24, 2.45) is 0 Å². The maximum atomic E-state index is 12.8. The topological polar surface area (TPSA) is 79.5 Å². The second-order valence-electron chi connectivity index (χ2n) is 7.00. The SMILES string of the molecule is Cc1ccc(S(=O)(=O)N2CCN(Cc3nnc(-c4ccc(Cl)cc4)o3)CC2)cc1. The van der Waals surface area contributed by atoms with Crippen molar-refractivity contribution >= 4 is 21.6 Å². The van der Waals surface area contributed by atoms with Crippen LogP contribution in [-0.2, 0) is 16.6 Å². The first-order chi connectivity index (χ1) is 13.9. The maximum absolute atomic E-state index is 12.8. The molecule has 0 saturated carbocycles. The summed E-state index contributed by atoms with van der Waals surface area (Å²) in [5.41, 5.74) is 1.84. The van der Waals surface area contributed by atoms with Crippen molar-refractivity contribution in [3.05, 3.63) is 65.0 Å². The van der Waals surface area contributed by atoms with Crippen molar-refractivity contribution in [3.63, 3.8) is 0 Å². The molecule has 0 amide bonds. The van der Waals surface area contributed by atoms with E-state index in [1.165, 1.54) is 4.31 Å². The first-order valence-electron chi connectivity index (χ1n) is 9.29. The Morgan fingerprint density at radius 1 is 0.966 bits per heavy atom. The van der Waals surface area contributed by atoms with E-state index in [-0.39, 0.29) is 0 Å². The van der Waals surface area contributed by atoms with Crippen LogP contribution in [0.2, 0.25) is 5.02 Å². The Labute approximate surface area is 175 Å². The summed E-state index contributed by atoms with van der Waals surface area (Å²) in [5, 5.41) is 8.84. The number of aryl methyl sites for hydroxylation is 1. The van der Waals surface area contributed by atoms with Crippen LogP contribution in [0.3, 0.4) is 0 Å². The van der Waals surface area contributed by atoms with E-state index in [0.717, 1.165) is 11.1 Å². The predicted octanol–water partition coefficient (Wildman–Crippen LogP) is 3.20. The summed E-state index contributed by atoms with van der Waals surface area (Å²) in [4.78, 5) is 2.45. The summed E-state index contributed by atoms with van der Waals surface area (Å²) < 4.78 is 32.9. The standard InChI is InChI=1S/C20H21ClN4O3S/c1-15-2-8-18(9-3-15)29(26,27)25-12-10-24(11-13-25)14-19-22-23-20(28-19)16-4-6-17(21)7-5-16/h2-9H,10-14H2,1H3. The molecular formula is C20H21ClN4O3S. The molecule has 2 aromatic carbocycles. The lowest BCUT2D eigenvalue weighted by Crippen LogP contribution is -2.48. The molecule has 152 valence electrons. The van der Waals surface area contributed by atoms with Crippen LogP contribution in [0, 0.1) is 6.92 Å². The summed E-state index contributed by atoms with van der Waals surface area (Å²) >= 11 is 5.90. The number of nitrogens with zero attached hydrogens (tertiary/aromatic N) is 4. The van der Waals surface area contributed by atoms with Crippen molar-refractivity contribution in [1.82, 2.24) is 19.4 Å². The Hall–Kier alpha value is -2.26. The fraction of sp³-hybridized carbons (Fsp3) is 0.300. The smallest absolute Gasteiger partial charge is 0.247 e. The quantitative estimate of drug-likeness (QED) is 0.616. The third kappa shape index (κ3) is 4.51. The lowest BCUT2D eigenvalue weighted by molar-refractivity contribution is 0.168. The third-order valence-corrected chi connectivity index (χ3v) is 7.07. The third-order valence-electron chi connectivity index (χ3n) is 4.91. The van der Waals surface area contributed by atoms with Gasteiger partial charge in [0.15, 0.2) is 0 Å². The molecule has 0 N–H and O–H groups in total. The van der Waals surface area contributed by atoms with E-state index in [1.54, 1.807) is 24.3 Å².